The Morgan fingerprint density at radius 3 is 2.62 bits per heavy atom. The molecule has 0 atom stereocenters. The Morgan fingerprint density at radius 1 is 0.973 bits per heavy atom. The number of fused-ring (bicyclic) bond motifs is 2. The van der Waals surface area contributed by atoms with Crippen molar-refractivity contribution in [3.05, 3.63) is 101 Å². The van der Waals surface area contributed by atoms with Gasteiger partial charge in [-0.1, -0.05) is 48.5 Å². The normalized spacial score (nSPS) is 14.4. The maximum atomic E-state index is 13.1. The molecule has 3 aromatic heterocycles. The Bertz CT molecular complexity index is 1560. The molecule has 1 amide bonds. The van der Waals surface area contributed by atoms with Crippen LogP contribution in [0.1, 0.15) is 35.6 Å². The highest BCUT2D eigenvalue weighted by Gasteiger charge is 2.26. The highest BCUT2D eigenvalue weighted by atomic mass is 79.9. The molecule has 7 nitrogen and oxygen atoms in total. The van der Waals surface area contributed by atoms with Gasteiger partial charge in [0, 0.05) is 49.7 Å². The molecule has 1 fully saturated rings. The van der Waals surface area contributed by atoms with E-state index >= 15 is 0 Å². The van der Waals surface area contributed by atoms with Crippen LogP contribution in [0.4, 0.5) is 5.82 Å². The number of carbonyl (C=O) groups is 1. The van der Waals surface area contributed by atoms with Crippen LogP contribution < -0.4 is 5.32 Å². The van der Waals surface area contributed by atoms with Crippen molar-refractivity contribution >= 4 is 44.1 Å². The van der Waals surface area contributed by atoms with Crippen molar-refractivity contribution in [2.45, 2.75) is 31.7 Å². The zero-order valence-electron chi connectivity index (χ0n) is 20.3. The number of piperidine rings is 1. The lowest BCUT2D eigenvalue weighted by Crippen LogP contribution is -2.39. The molecule has 1 saturated heterocycles. The number of pyridine rings is 1. The Morgan fingerprint density at radius 2 is 1.81 bits per heavy atom. The summed E-state index contributed by atoms with van der Waals surface area (Å²) >= 11 is 3.59. The van der Waals surface area contributed by atoms with Crippen LogP contribution in [0.3, 0.4) is 0 Å². The third-order valence-electron chi connectivity index (χ3n) is 7.08. The zero-order chi connectivity index (χ0) is 25.2. The van der Waals surface area contributed by atoms with Crippen LogP contribution in [0.25, 0.3) is 16.4 Å². The number of rotatable bonds is 6. The topological polar surface area (TPSA) is 75.4 Å². The van der Waals surface area contributed by atoms with Gasteiger partial charge in [-0.15, -0.1) is 0 Å². The van der Waals surface area contributed by atoms with E-state index in [2.05, 4.69) is 67.7 Å². The summed E-state index contributed by atoms with van der Waals surface area (Å²) in [5, 5.41) is 10.4. The molecule has 2 aromatic carbocycles. The minimum atomic E-state index is 0.189. The summed E-state index contributed by atoms with van der Waals surface area (Å²) in [4.78, 5) is 24.2. The fraction of sp³-hybridized carbons (Fsp3) is 0.241. The number of nitrogens with one attached hydrogen (secondary N) is 1. The average molecular weight is 555 g/mol. The molecule has 1 N–H and O–H groups in total. The van der Waals surface area contributed by atoms with Gasteiger partial charge in [0.25, 0.3) is 0 Å². The number of hydrogen-bond donors (Lipinski definition) is 1. The van der Waals surface area contributed by atoms with Crippen molar-refractivity contribution in [2.24, 2.45) is 0 Å². The fourth-order valence-electron chi connectivity index (χ4n) is 5.05. The third kappa shape index (κ3) is 5.06. The number of aromatic nitrogens is 4. The largest absolute Gasteiger partial charge is 0.366 e. The number of hydrogen-bond acceptors (Lipinski definition) is 5. The van der Waals surface area contributed by atoms with Gasteiger partial charge in [0.1, 0.15) is 5.82 Å². The Balaban J connectivity index is 1.14. The van der Waals surface area contributed by atoms with Gasteiger partial charge in [-0.05, 0) is 56.7 Å². The number of carbonyl (C=O) groups excluding carboxylic acids is 1. The first kappa shape index (κ1) is 23.6. The van der Waals surface area contributed by atoms with Gasteiger partial charge in [-0.3, -0.25) is 9.78 Å². The molecule has 5 aromatic rings. The molecule has 8 heteroatoms. The molecule has 0 unspecified atom stereocenters. The number of likely N-dealkylation sites (tertiary alicyclic amines) is 1. The van der Waals surface area contributed by atoms with E-state index in [-0.39, 0.29) is 11.8 Å². The van der Waals surface area contributed by atoms with Crippen molar-refractivity contribution in [3.8, 4) is 0 Å². The van der Waals surface area contributed by atoms with Gasteiger partial charge < -0.3 is 10.2 Å². The summed E-state index contributed by atoms with van der Waals surface area (Å²) in [6, 6.07) is 20.6. The van der Waals surface area contributed by atoms with Crippen LogP contribution >= 0.6 is 15.9 Å². The van der Waals surface area contributed by atoms with Crippen molar-refractivity contribution in [3.63, 3.8) is 0 Å². The molecule has 1 aliphatic heterocycles. The minimum absolute atomic E-state index is 0.189. The van der Waals surface area contributed by atoms with E-state index in [1.165, 1.54) is 10.8 Å². The van der Waals surface area contributed by atoms with Gasteiger partial charge in [-0.2, -0.15) is 9.61 Å². The summed E-state index contributed by atoms with van der Waals surface area (Å²) in [5.74, 6) is 1.37. The number of amides is 1. The zero-order valence-corrected chi connectivity index (χ0v) is 21.9. The molecule has 186 valence electrons. The highest BCUT2D eigenvalue weighted by Crippen LogP contribution is 2.31. The molecule has 0 saturated carbocycles. The lowest BCUT2D eigenvalue weighted by atomic mass is 9.92. The SMILES string of the molecule is O=C(Cc1ccc2ccccc2c1)N1CCC(c2cc(NCc3cccnc3)n3ncc(Br)c3n2)CC1. The van der Waals surface area contributed by atoms with Crippen LogP contribution in [0.2, 0.25) is 0 Å². The van der Waals surface area contributed by atoms with E-state index in [0.29, 0.717) is 13.0 Å². The third-order valence-corrected chi connectivity index (χ3v) is 7.64. The van der Waals surface area contributed by atoms with Crippen LogP contribution in [-0.4, -0.2) is 43.5 Å². The van der Waals surface area contributed by atoms with Crippen LogP contribution in [-0.2, 0) is 17.8 Å². The van der Waals surface area contributed by atoms with E-state index in [1.807, 2.05) is 39.9 Å². The van der Waals surface area contributed by atoms with Gasteiger partial charge in [0.05, 0.1) is 17.1 Å². The quantitative estimate of drug-likeness (QED) is 0.295. The second kappa shape index (κ2) is 10.3. The summed E-state index contributed by atoms with van der Waals surface area (Å²) in [7, 11) is 0. The smallest absolute Gasteiger partial charge is 0.226 e. The molecule has 37 heavy (non-hydrogen) atoms. The lowest BCUT2D eigenvalue weighted by molar-refractivity contribution is -0.131. The molecule has 0 bridgehead atoms. The molecule has 6 rings (SSSR count). The number of halogens is 1. The standard InChI is InChI=1S/C29H27BrN6O/c30-25-19-33-36-27(32-18-21-4-3-11-31-17-21)16-26(34-29(25)36)23-9-12-35(13-10-23)28(37)15-20-7-8-22-5-1-2-6-24(22)14-20/h1-8,11,14,16-17,19,23,32H,9-10,12-13,15,18H2. The van der Waals surface area contributed by atoms with Crippen molar-refractivity contribution in [2.75, 3.05) is 18.4 Å². The first-order chi connectivity index (χ1) is 18.1. The predicted octanol–water partition coefficient (Wildman–Crippen LogP) is 5.60. The first-order valence-electron chi connectivity index (χ1n) is 12.6. The average Bonchev–Trinajstić information content (AvgIpc) is 3.33. The van der Waals surface area contributed by atoms with E-state index < -0.39 is 0 Å². The number of benzene rings is 2. The Hall–Kier alpha value is -3.78. The second-order valence-electron chi connectivity index (χ2n) is 9.52. The van der Waals surface area contributed by atoms with E-state index in [9.17, 15) is 4.79 Å². The maximum absolute atomic E-state index is 13.1. The van der Waals surface area contributed by atoms with Gasteiger partial charge in [0.15, 0.2) is 5.65 Å². The molecular formula is C29H27BrN6O. The molecule has 0 spiro atoms. The summed E-state index contributed by atoms with van der Waals surface area (Å²) in [5.41, 5.74) is 3.98. The van der Waals surface area contributed by atoms with E-state index in [0.717, 1.165) is 58.7 Å². The van der Waals surface area contributed by atoms with Gasteiger partial charge in [-0.25, -0.2) is 4.98 Å². The molecule has 1 aliphatic rings. The fourth-order valence-corrected chi connectivity index (χ4v) is 5.39. The van der Waals surface area contributed by atoms with Gasteiger partial charge >= 0.3 is 0 Å². The van der Waals surface area contributed by atoms with E-state index in [4.69, 9.17) is 4.98 Å². The monoisotopic (exact) mass is 554 g/mol. The van der Waals surface area contributed by atoms with Gasteiger partial charge in [0.2, 0.25) is 5.91 Å². The number of anilines is 1. The van der Waals surface area contributed by atoms with E-state index in [1.54, 1.807) is 12.4 Å². The number of nitrogens with zero attached hydrogens (tertiary/aromatic N) is 5. The molecule has 4 heterocycles. The second-order valence-corrected chi connectivity index (χ2v) is 10.4. The van der Waals surface area contributed by atoms with Crippen LogP contribution in [0.15, 0.2) is 83.7 Å². The van der Waals surface area contributed by atoms with Crippen molar-refractivity contribution in [1.82, 2.24) is 24.5 Å². The maximum Gasteiger partial charge on any atom is 0.226 e. The van der Waals surface area contributed by atoms with Crippen molar-refractivity contribution in [1.29, 1.82) is 0 Å². The highest BCUT2D eigenvalue weighted by molar-refractivity contribution is 9.10. The van der Waals surface area contributed by atoms with Crippen molar-refractivity contribution < 1.29 is 4.79 Å². The van der Waals surface area contributed by atoms with Crippen LogP contribution in [0, 0.1) is 0 Å². The predicted molar refractivity (Wildman–Crippen MR) is 148 cm³/mol. The molecular weight excluding hydrogens is 528 g/mol. The Kier molecular flexibility index (Phi) is 6.57. The summed E-state index contributed by atoms with van der Waals surface area (Å²) < 4.78 is 2.69. The molecule has 0 radical (unpaired) electrons. The first-order valence-corrected chi connectivity index (χ1v) is 13.4. The minimum Gasteiger partial charge on any atom is -0.366 e. The Labute approximate surface area is 223 Å². The molecule has 0 aliphatic carbocycles. The summed E-state index contributed by atoms with van der Waals surface area (Å²) in [6.45, 7) is 2.12. The summed E-state index contributed by atoms with van der Waals surface area (Å²) in [6.07, 6.45) is 7.62. The van der Waals surface area contributed by atoms with Crippen LogP contribution in [0.5, 0.6) is 0 Å². The lowest BCUT2D eigenvalue weighted by Gasteiger charge is -2.32.